The average Bonchev–Trinajstić information content (AvgIpc) is 2.52. The van der Waals surface area contributed by atoms with Gasteiger partial charge in [-0.05, 0) is 32.5 Å². The first-order valence-electron chi connectivity index (χ1n) is 6.81. The van der Waals surface area contributed by atoms with E-state index in [1.807, 2.05) is 30.3 Å². The van der Waals surface area contributed by atoms with Crippen LogP contribution in [0.2, 0.25) is 0 Å². The Labute approximate surface area is 125 Å². The summed E-state index contributed by atoms with van der Waals surface area (Å²) in [6.45, 7) is 0. The van der Waals surface area contributed by atoms with Gasteiger partial charge in [-0.2, -0.15) is 0 Å². The van der Waals surface area contributed by atoms with E-state index < -0.39 is 23.5 Å². The molecule has 21 heavy (non-hydrogen) atoms. The van der Waals surface area contributed by atoms with Crippen molar-refractivity contribution in [3.8, 4) is 0 Å². The van der Waals surface area contributed by atoms with Crippen molar-refractivity contribution in [3.05, 3.63) is 35.9 Å². The average molecular weight is 293 g/mol. The SMILES string of the molecule is CNC(CCC(NC)(C(=O)OC)c1ccccc1)C(N)=O. The zero-order chi connectivity index (χ0) is 15.9. The molecule has 1 rings (SSSR count). The zero-order valence-corrected chi connectivity index (χ0v) is 12.7. The van der Waals surface area contributed by atoms with E-state index in [-0.39, 0.29) is 0 Å². The van der Waals surface area contributed by atoms with Gasteiger partial charge < -0.3 is 21.1 Å². The predicted octanol–water partition coefficient (Wildman–Crippen LogP) is 0.128. The molecule has 0 aliphatic carbocycles. The normalized spacial score (nSPS) is 15.0. The molecule has 0 saturated carbocycles. The van der Waals surface area contributed by atoms with Gasteiger partial charge >= 0.3 is 5.97 Å². The number of hydrogen-bond acceptors (Lipinski definition) is 5. The molecule has 1 aromatic rings. The van der Waals surface area contributed by atoms with Crippen LogP contribution in [0.25, 0.3) is 0 Å². The lowest BCUT2D eigenvalue weighted by Crippen LogP contribution is -2.50. The van der Waals surface area contributed by atoms with E-state index in [0.29, 0.717) is 12.8 Å². The number of amides is 1. The van der Waals surface area contributed by atoms with Gasteiger partial charge in [-0.3, -0.25) is 4.79 Å². The van der Waals surface area contributed by atoms with E-state index in [1.165, 1.54) is 7.11 Å². The molecule has 0 bridgehead atoms. The molecule has 1 amide bonds. The largest absolute Gasteiger partial charge is 0.467 e. The number of rotatable bonds is 8. The summed E-state index contributed by atoms with van der Waals surface area (Å²) in [7, 11) is 4.71. The van der Waals surface area contributed by atoms with Crippen LogP contribution >= 0.6 is 0 Å². The van der Waals surface area contributed by atoms with E-state index in [4.69, 9.17) is 10.5 Å². The highest BCUT2D eigenvalue weighted by Gasteiger charge is 2.40. The number of esters is 1. The Bertz CT molecular complexity index is 478. The maximum atomic E-state index is 12.3. The molecule has 6 nitrogen and oxygen atoms in total. The van der Waals surface area contributed by atoms with E-state index in [9.17, 15) is 9.59 Å². The number of ether oxygens (including phenoxy) is 1. The Morgan fingerprint density at radius 3 is 2.33 bits per heavy atom. The van der Waals surface area contributed by atoms with Crippen molar-refractivity contribution < 1.29 is 14.3 Å². The molecule has 2 atom stereocenters. The minimum absolute atomic E-state index is 0.384. The molecule has 116 valence electrons. The molecule has 0 aliphatic rings. The van der Waals surface area contributed by atoms with Gasteiger partial charge in [0, 0.05) is 0 Å². The number of methoxy groups -OCH3 is 1. The number of carbonyl (C=O) groups is 2. The van der Waals surface area contributed by atoms with Crippen LogP contribution in [0.1, 0.15) is 18.4 Å². The van der Waals surface area contributed by atoms with Crippen molar-refractivity contribution >= 4 is 11.9 Å². The van der Waals surface area contributed by atoms with Crippen molar-refractivity contribution in [1.82, 2.24) is 10.6 Å². The van der Waals surface area contributed by atoms with Crippen molar-refractivity contribution in [2.45, 2.75) is 24.4 Å². The van der Waals surface area contributed by atoms with Crippen molar-refractivity contribution in [1.29, 1.82) is 0 Å². The van der Waals surface area contributed by atoms with Crippen LogP contribution in [0.3, 0.4) is 0 Å². The van der Waals surface area contributed by atoms with Gasteiger partial charge in [0.15, 0.2) is 0 Å². The van der Waals surface area contributed by atoms with Crippen LogP contribution in [-0.2, 0) is 19.9 Å². The molecule has 0 saturated heterocycles. The number of carbonyl (C=O) groups excluding carboxylic acids is 2. The molecular weight excluding hydrogens is 270 g/mol. The van der Waals surface area contributed by atoms with E-state index >= 15 is 0 Å². The molecule has 0 aromatic heterocycles. The van der Waals surface area contributed by atoms with Crippen LogP contribution in [0, 0.1) is 0 Å². The molecule has 0 aliphatic heterocycles. The predicted molar refractivity (Wildman–Crippen MR) is 80.5 cm³/mol. The number of likely N-dealkylation sites (N-methyl/N-ethyl adjacent to an activating group) is 2. The Hall–Kier alpha value is -1.92. The maximum absolute atomic E-state index is 12.3. The van der Waals surface area contributed by atoms with Crippen LogP contribution in [0.4, 0.5) is 0 Å². The number of hydrogen-bond donors (Lipinski definition) is 3. The van der Waals surface area contributed by atoms with Crippen molar-refractivity contribution in [2.24, 2.45) is 5.73 Å². The molecule has 0 radical (unpaired) electrons. The lowest BCUT2D eigenvalue weighted by molar-refractivity contribution is -0.149. The lowest BCUT2D eigenvalue weighted by atomic mass is 9.84. The van der Waals surface area contributed by atoms with Crippen LogP contribution in [-0.4, -0.2) is 39.1 Å². The van der Waals surface area contributed by atoms with Gasteiger partial charge in [-0.15, -0.1) is 0 Å². The fourth-order valence-electron chi connectivity index (χ4n) is 2.42. The minimum atomic E-state index is -0.999. The van der Waals surface area contributed by atoms with E-state index in [0.717, 1.165) is 5.56 Å². The summed E-state index contributed by atoms with van der Waals surface area (Å²) in [5, 5.41) is 5.90. The number of nitrogens with two attached hydrogens (primary N) is 1. The zero-order valence-electron chi connectivity index (χ0n) is 12.7. The molecule has 0 heterocycles. The monoisotopic (exact) mass is 293 g/mol. The molecule has 1 aromatic carbocycles. The first-order chi connectivity index (χ1) is 10.0. The second-order valence-corrected chi connectivity index (χ2v) is 4.80. The highest BCUT2D eigenvalue weighted by Crippen LogP contribution is 2.28. The molecule has 2 unspecified atom stereocenters. The summed E-state index contributed by atoms with van der Waals surface area (Å²) in [5.74, 6) is -0.837. The highest BCUT2D eigenvalue weighted by atomic mass is 16.5. The second kappa shape index (κ2) is 7.75. The molecule has 6 heteroatoms. The summed E-state index contributed by atoms with van der Waals surface area (Å²) in [5.41, 5.74) is 5.12. The number of benzene rings is 1. The number of primary amides is 1. The fraction of sp³-hybridized carbons (Fsp3) is 0.467. The summed E-state index contributed by atoms with van der Waals surface area (Å²) >= 11 is 0. The highest BCUT2D eigenvalue weighted by molar-refractivity contribution is 5.83. The molecule has 0 spiro atoms. The lowest BCUT2D eigenvalue weighted by Gasteiger charge is -2.32. The maximum Gasteiger partial charge on any atom is 0.330 e. The first kappa shape index (κ1) is 17.1. The summed E-state index contributed by atoms with van der Waals surface area (Å²) in [4.78, 5) is 23.6. The van der Waals surface area contributed by atoms with Gasteiger partial charge in [-0.1, -0.05) is 30.3 Å². The van der Waals surface area contributed by atoms with Gasteiger partial charge in [0.2, 0.25) is 5.91 Å². The second-order valence-electron chi connectivity index (χ2n) is 4.80. The Balaban J connectivity index is 3.08. The third-order valence-corrected chi connectivity index (χ3v) is 3.73. The van der Waals surface area contributed by atoms with Gasteiger partial charge in [0.05, 0.1) is 13.2 Å². The Morgan fingerprint density at radius 2 is 1.90 bits per heavy atom. The fourth-order valence-corrected chi connectivity index (χ4v) is 2.42. The summed E-state index contributed by atoms with van der Waals surface area (Å²) in [6, 6.07) is 8.80. The number of nitrogens with one attached hydrogen (secondary N) is 2. The first-order valence-corrected chi connectivity index (χ1v) is 6.81. The van der Waals surface area contributed by atoms with Crippen molar-refractivity contribution in [2.75, 3.05) is 21.2 Å². The summed E-state index contributed by atoms with van der Waals surface area (Å²) < 4.78 is 4.95. The third-order valence-electron chi connectivity index (χ3n) is 3.73. The molecular formula is C15H23N3O3. The van der Waals surface area contributed by atoms with Crippen LogP contribution < -0.4 is 16.4 Å². The van der Waals surface area contributed by atoms with Crippen LogP contribution in [0.5, 0.6) is 0 Å². The topological polar surface area (TPSA) is 93.4 Å². The van der Waals surface area contributed by atoms with E-state index in [2.05, 4.69) is 10.6 Å². The summed E-state index contributed by atoms with van der Waals surface area (Å²) in [6.07, 6.45) is 0.797. The van der Waals surface area contributed by atoms with Crippen LogP contribution in [0.15, 0.2) is 30.3 Å². The smallest absolute Gasteiger partial charge is 0.330 e. The van der Waals surface area contributed by atoms with Crippen molar-refractivity contribution in [3.63, 3.8) is 0 Å². The van der Waals surface area contributed by atoms with Gasteiger partial charge in [0.1, 0.15) is 5.54 Å². The Morgan fingerprint density at radius 1 is 1.29 bits per heavy atom. The third kappa shape index (κ3) is 3.80. The van der Waals surface area contributed by atoms with Gasteiger partial charge in [0.25, 0.3) is 0 Å². The quantitative estimate of drug-likeness (QED) is 0.592. The molecule has 4 N–H and O–H groups in total. The van der Waals surface area contributed by atoms with Gasteiger partial charge in [-0.25, -0.2) is 4.79 Å². The van der Waals surface area contributed by atoms with E-state index in [1.54, 1.807) is 14.1 Å². The minimum Gasteiger partial charge on any atom is -0.467 e. The molecule has 0 fully saturated rings. The Kier molecular flexibility index (Phi) is 6.33. The standard InChI is InChI=1S/C15H23N3O3/c1-17-12(13(16)19)9-10-15(18-2,14(20)21-3)11-7-5-4-6-8-11/h4-8,12,17-18H,9-10H2,1-3H3,(H2,16,19).